The van der Waals surface area contributed by atoms with Gasteiger partial charge < -0.3 is 15.4 Å². The van der Waals surface area contributed by atoms with Gasteiger partial charge >= 0.3 is 12.0 Å². The molecule has 1 atom stereocenters. The first-order chi connectivity index (χ1) is 11.3. The van der Waals surface area contributed by atoms with Crippen molar-refractivity contribution in [3.8, 4) is 0 Å². The Hall–Kier alpha value is -2.61. The van der Waals surface area contributed by atoms with Crippen LogP contribution in [0, 0.1) is 0 Å². The molecule has 9 heteroatoms. The number of amides is 4. The third-order valence-corrected chi connectivity index (χ3v) is 3.98. The van der Waals surface area contributed by atoms with Crippen LogP contribution in [0.1, 0.15) is 12.5 Å². The molecule has 1 aliphatic rings. The number of carbonyl (C=O) groups is 4. The first kappa shape index (κ1) is 17.7. The standard InChI is InChI=1S/C15H16ClN3O5/c1-15(9-5-3-4-6-10(9)16)13(22)19(14(23)18-15)8-11(20)17-7-12(21)24-2/h3-6H,7-8H2,1-2H3,(H,17,20)(H,18,23)/t15-/m1/s1. The molecule has 4 amide bonds. The van der Waals surface area contributed by atoms with Crippen LogP contribution in [0.5, 0.6) is 0 Å². The predicted octanol–water partition coefficient (Wildman–Crippen LogP) is 0.396. The Labute approximate surface area is 143 Å². The Morgan fingerprint density at radius 1 is 1.33 bits per heavy atom. The van der Waals surface area contributed by atoms with Crippen molar-refractivity contribution >= 4 is 35.4 Å². The number of imide groups is 1. The maximum absolute atomic E-state index is 12.6. The van der Waals surface area contributed by atoms with E-state index in [2.05, 4.69) is 15.4 Å². The fourth-order valence-electron chi connectivity index (χ4n) is 2.33. The number of nitrogens with one attached hydrogen (secondary N) is 2. The molecule has 1 aromatic rings. The Bertz CT molecular complexity index is 708. The molecule has 1 aliphatic heterocycles. The number of esters is 1. The molecule has 1 aromatic carbocycles. The van der Waals surface area contributed by atoms with Crippen molar-refractivity contribution in [3.05, 3.63) is 34.9 Å². The highest BCUT2D eigenvalue weighted by Crippen LogP contribution is 2.33. The number of urea groups is 1. The SMILES string of the molecule is COC(=O)CNC(=O)CN1C(=O)N[C@](C)(c2ccccc2Cl)C1=O. The zero-order valence-corrected chi connectivity index (χ0v) is 13.8. The smallest absolute Gasteiger partial charge is 0.325 e. The van der Waals surface area contributed by atoms with Crippen molar-refractivity contribution < 1.29 is 23.9 Å². The summed E-state index contributed by atoms with van der Waals surface area (Å²) in [5.74, 6) is -1.90. The maximum Gasteiger partial charge on any atom is 0.325 e. The fourth-order valence-corrected chi connectivity index (χ4v) is 2.66. The van der Waals surface area contributed by atoms with Gasteiger partial charge in [-0.1, -0.05) is 29.8 Å². The van der Waals surface area contributed by atoms with E-state index in [0.717, 1.165) is 4.90 Å². The average molecular weight is 354 g/mol. The molecule has 0 aromatic heterocycles. The number of nitrogens with zero attached hydrogens (tertiary/aromatic N) is 1. The Balaban J connectivity index is 2.13. The summed E-state index contributed by atoms with van der Waals surface area (Å²) in [7, 11) is 1.18. The van der Waals surface area contributed by atoms with E-state index in [9.17, 15) is 19.2 Å². The van der Waals surface area contributed by atoms with E-state index in [0.29, 0.717) is 10.6 Å². The molecule has 0 radical (unpaired) electrons. The second-order valence-electron chi connectivity index (χ2n) is 5.28. The van der Waals surface area contributed by atoms with Crippen molar-refractivity contribution in [2.24, 2.45) is 0 Å². The first-order valence-electron chi connectivity index (χ1n) is 7.02. The Morgan fingerprint density at radius 2 is 2.00 bits per heavy atom. The van der Waals surface area contributed by atoms with E-state index >= 15 is 0 Å². The van der Waals surface area contributed by atoms with Gasteiger partial charge in [0.15, 0.2) is 0 Å². The van der Waals surface area contributed by atoms with Gasteiger partial charge in [-0.3, -0.25) is 19.3 Å². The van der Waals surface area contributed by atoms with Gasteiger partial charge in [0.1, 0.15) is 18.6 Å². The summed E-state index contributed by atoms with van der Waals surface area (Å²) in [4.78, 5) is 48.3. The lowest BCUT2D eigenvalue weighted by atomic mass is 9.92. The van der Waals surface area contributed by atoms with E-state index in [1.165, 1.54) is 14.0 Å². The molecule has 8 nitrogen and oxygen atoms in total. The van der Waals surface area contributed by atoms with Crippen LogP contribution in [-0.4, -0.2) is 48.9 Å². The number of carbonyl (C=O) groups excluding carboxylic acids is 4. The largest absolute Gasteiger partial charge is 0.468 e. The number of hydrogen-bond donors (Lipinski definition) is 2. The summed E-state index contributed by atoms with van der Waals surface area (Å²) in [5, 5.41) is 5.14. The van der Waals surface area contributed by atoms with E-state index in [1.807, 2.05) is 0 Å². The van der Waals surface area contributed by atoms with Crippen LogP contribution in [-0.2, 0) is 24.7 Å². The lowest BCUT2D eigenvalue weighted by Gasteiger charge is -2.23. The summed E-state index contributed by atoms with van der Waals surface area (Å²) in [5.41, 5.74) is -0.930. The third-order valence-electron chi connectivity index (χ3n) is 3.65. The summed E-state index contributed by atoms with van der Waals surface area (Å²) in [6.45, 7) is 0.656. The summed E-state index contributed by atoms with van der Waals surface area (Å²) >= 11 is 6.11. The first-order valence-corrected chi connectivity index (χ1v) is 7.40. The molecule has 0 bridgehead atoms. The van der Waals surface area contributed by atoms with E-state index in [-0.39, 0.29) is 6.54 Å². The predicted molar refractivity (Wildman–Crippen MR) is 84.1 cm³/mol. The van der Waals surface area contributed by atoms with Gasteiger partial charge in [-0.2, -0.15) is 0 Å². The Kier molecular flexibility index (Phi) is 5.08. The van der Waals surface area contributed by atoms with E-state index in [1.54, 1.807) is 24.3 Å². The molecule has 0 unspecified atom stereocenters. The minimum atomic E-state index is -1.36. The molecule has 128 valence electrons. The highest BCUT2D eigenvalue weighted by Gasteiger charge is 2.50. The molecule has 1 saturated heterocycles. The average Bonchev–Trinajstić information content (AvgIpc) is 2.77. The zero-order chi connectivity index (χ0) is 17.9. The number of rotatable bonds is 5. The number of methoxy groups -OCH3 is 1. The van der Waals surface area contributed by atoms with Gasteiger partial charge in [0.05, 0.1) is 7.11 Å². The number of hydrogen-bond acceptors (Lipinski definition) is 5. The molecular formula is C15H16ClN3O5. The molecule has 0 spiro atoms. The molecule has 2 N–H and O–H groups in total. The summed E-state index contributed by atoms with van der Waals surface area (Å²) in [6, 6.07) is 5.91. The van der Waals surface area contributed by atoms with Crippen LogP contribution < -0.4 is 10.6 Å². The zero-order valence-electron chi connectivity index (χ0n) is 13.1. The molecule has 1 fully saturated rings. The number of ether oxygens (including phenoxy) is 1. The topological polar surface area (TPSA) is 105 Å². The van der Waals surface area contributed by atoms with Gasteiger partial charge in [0.25, 0.3) is 5.91 Å². The molecular weight excluding hydrogens is 338 g/mol. The lowest BCUT2D eigenvalue weighted by Crippen LogP contribution is -2.44. The van der Waals surface area contributed by atoms with Crippen LogP contribution in [0.25, 0.3) is 0 Å². The number of halogens is 1. The van der Waals surface area contributed by atoms with Crippen LogP contribution in [0.2, 0.25) is 5.02 Å². The lowest BCUT2D eigenvalue weighted by molar-refractivity contribution is -0.141. The van der Waals surface area contributed by atoms with Gasteiger partial charge in [-0.25, -0.2) is 4.79 Å². The van der Waals surface area contributed by atoms with Crippen molar-refractivity contribution in [2.75, 3.05) is 20.2 Å². The Morgan fingerprint density at radius 3 is 2.62 bits per heavy atom. The third kappa shape index (κ3) is 3.33. The van der Waals surface area contributed by atoms with Gasteiger partial charge in [-0.15, -0.1) is 0 Å². The normalized spacial score (nSPS) is 19.9. The van der Waals surface area contributed by atoms with Crippen molar-refractivity contribution in [2.45, 2.75) is 12.5 Å². The number of benzene rings is 1. The highest BCUT2D eigenvalue weighted by atomic mass is 35.5. The molecule has 24 heavy (non-hydrogen) atoms. The van der Waals surface area contributed by atoms with E-state index in [4.69, 9.17) is 11.6 Å². The summed E-state index contributed by atoms with van der Waals surface area (Å²) in [6.07, 6.45) is 0. The fraction of sp³-hybridized carbons (Fsp3) is 0.333. The van der Waals surface area contributed by atoms with Gasteiger partial charge in [0.2, 0.25) is 5.91 Å². The van der Waals surface area contributed by atoms with Gasteiger partial charge in [0, 0.05) is 10.6 Å². The quantitative estimate of drug-likeness (QED) is 0.588. The van der Waals surface area contributed by atoms with Crippen molar-refractivity contribution in [1.82, 2.24) is 15.5 Å². The molecule has 1 heterocycles. The maximum atomic E-state index is 12.6. The second kappa shape index (κ2) is 6.88. The van der Waals surface area contributed by atoms with Crippen LogP contribution in [0.15, 0.2) is 24.3 Å². The van der Waals surface area contributed by atoms with Crippen LogP contribution in [0.4, 0.5) is 4.79 Å². The molecule has 0 saturated carbocycles. The minimum absolute atomic E-state index is 0.325. The monoisotopic (exact) mass is 353 g/mol. The highest BCUT2D eigenvalue weighted by molar-refractivity contribution is 6.32. The molecule has 2 rings (SSSR count). The molecule has 0 aliphatic carbocycles. The van der Waals surface area contributed by atoms with Crippen molar-refractivity contribution in [1.29, 1.82) is 0 Å². The summed E-state index contributed by atoms with van der Waals surface area (Å²) < 4.78 is 4.39. The van der Waals surface area contributed by atoms with E-state index < -0.39 is 35.9 Å². The minimum Gasteiger partial charge on any atom is -0.468 e. The second-order valence-corrected chi connectivity index (χ2v) is 5.69. The van der Waals surface area contributed by atoms with Gasteiger partial charge in [-0.05, 0) is 13.0 Å². The van der Waals surface area contributed by atoms with Crippen LogP contribution >= 0.6 is 11.6 Å². The van der Waals surface area contributed by atoms with Crippen molar-refractivity contribution in [3.63, 3.8) is 0 Å². The van der Waals surface area contributed by atoms with Crippen LogP contribution in [0.3, 0.4) is 0 Å².